The molecular formula is C11H20ClN3O2. The molecule has 0 amide bonds. The zero-order valence-corrected chi connectivity index (χ0v) is 11.5. The van der Waals surface area contributed by atoms with Gasteiger partial charge in [0.1, 0.15) is 6.10 Å². The second kappa shape index (κ2) is 6.35. The number of nitrogens with zero attached hydrogens (tertiary/aromatic N) is 3. The number of hydrogen-bond donors (Lipinski definition) is 1. The van der Waals surface area contributed by atoms with E-state index in [1.54, 1.807) is 24.9 Å². The van der Waals surface area contributed by atoms with E-state index in [9.17, 15) is 5.11 Å². The van der Waals surface area contributed by atoms with E-state index < -0.39 is 6.10 Å². The van der Waals surface area contributed by atoms with Gasteiger partial charge >= 0.3 is 0 Å². The maximum atomic E-state index is 10.1. The third kappa shape index (κ3) is 3.67. The average molecular weight is 262 g/mol. The molecule has 17 heavy (non-hydrogen) atoms. The molecule has 1 heterocycles. The Labute approximate surface area is 107 Å². The van der Waals surface area contributed by atoms with Gasteiger partial charge in [-0.3, -0.25) is 4.68 Å². The number of methoxy groups -OCH3 is 1. The third-order valence-electron chi connectivity index (χ3n) is 2.69. The molecule has 0 aliphatic rings. The largest absolute Gasteiger partial charge is 0.384 e. The summed E-state index contributed by atoms with van der Waals surface area (Å²) in [6, 6.07) is 0. The van der Waals surface area contributed by atoms with Crippen LogP contribution in [0.15, 0.2) is 6.20 Å². The quantitative estimate of drug-likeness (QED) is 0.835. The summed E-state index contributed by atoms with van der Waals surface area (Å²) in [5.41, 5.74) is 0.614. The van der Waals surface area contributed by atoms with Gasteiger partial charge in [-0.2, -0.15) is 5.10 Å². The van der Waals surface area contributed by atoms with Crippen LogP contribution in [-0.4, -0.2) is 53.6 Å². The molecule has 0 spiro atoms. The topological polar surface area (TPSA) is 50.5 Å². The third-order valence-corrected chi connectivity index (χ3v) is 2.98. The maximum absolute atomic E-state index is 10.1. The Morgan fingerprint density at radius 2 is 2.24 bits per heavy atom. The Morgan fingerprint density at radius 1 is 1.59 bits per heavy atom. The van der Waals surface area contributed by atoms with Gasteiger partial charge < -0.3 is 14.7 Å². The van der Waals surface area contributed by atoms with Crippen molar-refractivity contribution in [3.63, 3.8) is 0 Å². The minimum absolute atomic E-state index is 0.317. The Balaban J connectivity index is 2.85. The van der Waals surface area contributed by atoms with Crippen LogP contribution in [0.4, 0.5) is 0 Å². The van der Waals surface area contributed by atoms with Gasteiger partial charge in [0.2, 0.25) is 0 Å². The smallest absolute Gasteiger partial charge is 0.123 e. The predicted molar refractivity (Wildman–Crippen MR) is 67.2 cm³/mol. The number of rotatable bonds is 6. The van der Waals surface area contributed by atoms with Crippen molar-refractivity contribution in [2.24, 2.45) is 0 Å². The molecule has 0 aliphatic heterocycles. The van der Waals surface area contributed by atoms with Gasteiger partial charge in [0.15, 0.2) is 0 Å². The molecular weight excluding hydrogens is 242 g/mol. The van der Waals surface area contributed by atoms with Crippen LogP contribution in [0.3, 0.4) is 0 Å². The van der Waals surface area contributed by atoms with Crippen LogP contribution in [0.25, 0.3) is 0 Å². The highest BCUT2D eigenvalue weighted by Crippen LogP contribution is 2.26. The Morgan fingerprint density at radius 3 is 2.76 bits per heavy atom. The summed E-state index contributed by atoms with van der Waals surface area (Å²) in [7, 11) is 5.53. The van der Waals surface area contributed by atoms with E-state index in [4.69, 9.17) is 16.3 Å². The van der Waals surface area contributed by atoms with Crippen LogP contribution in [0.2, 0.25) is 5.02 Å². The fourth-order valence-electron chi connectivity index (χ4n) is 1.49. The summed E-state index contributed by atoms with van der Waals surface area (Å²) in [5.74, 6) is 0. The first-order valence-corrected chi connectivity index (χ1v) is 5.92. The van der Waals surface area contributed by atoms with Crippen LogP contribution >= 0.6 is 11.6 Å². The van der Waals surface area contributed by atoms with Crippen molar-refractivity contribution < 1.29 is 9.84 Å². The summed E-state index contributed by atoms with van der Waals surface area (Å²) in [6.07, 6.45) is 0.470. The second-order valence-electron chi connectivity index (χ2n) is 4.29. The molecule has 0 saturated carbocycles. The lowest BCUT2D eigenvalue weighted by Crippen LogP contribution is -2.24. The van der Waals surface area contributed by atoms with Crippen LogP contribution in [0.1, 0.15) is 18.7 Å². The molecule has 0 radical (unpaired) electrons. The highest BCUT2D eigenvalue weighted by Gasteiger charge is 2.23. The van der Waals surface area contributed by atoms with Crippen LogP contribution in [0, 0.1) is 0 Å². The van der Waals surface area contributed by atoms with E-state index in [1.165, 1.54) is 0 Å². The van der Waals surface area contributed by atoms with Crippen molar-refractivity contribution in [1.29, 1.82) is 0 Å². The van der Waals surface area contributed by atoms with E-state index in [-0.39, 0.29) is 6.10 Å². The molecule has 1 aromatic heterocycles. The molecule has 0 aliphatic carbocycles. The number of aliphatic hydroxyl groups is 1. The highest BCUT2D eigenvalue weighted by molar-refractivity contribution is 6.31. The molecule has 98 valence electrons. The molecule has 2 atom stereocenters. The Bertz CT molecular complexity index is 354. The highest BCUT2D eigenvalue weighted by atomic mass is 35.5. The Hall–Kier alpha value is -0.620. The number of likely N-dealkylation sites (N-methyl/N-ethyl adjacent to an activating group) is 1. The maximum Gasteiger partial charge on any atom is 0.123 e. The van der Waals surface area contributed by atoms with Crippen LogP contribution < -0.4 is 0 Å². The average Bonchev–Trinajstić information content (AvgIpc) is 2.65. The summed E-state index contributed by atoms with van der Waals surface area (Å²) in [4.78, 5) is 2.05. The molecule has 0 bridgehead atoms. The molecule has 0 aromatic carbocycles. The van der Waals surface area contributed by atoms with Gasteiger partial charge in [0.25, 0.3) is 0 Å². The zero-order valence-electron chi connectivity index (χ0n) is 10.7. The van der Waals surface area contributed by atoms with Gasteiger partial charge in [0, 0.05) is 13.7 Å². The Kier molecular flexibility index (Phi) is 5.39. The first kappa shape index (κ1) is 14.4. The van der Waals surface area contributed by atoms with Crippen molar-refractivity contribution in [1.82, 2.24) is 14.7 Å². The molecule has 1 rings (SSSR count). The van der Waals surface area contributed by atoms with Crippen molar-refractivity contribution in [3.05, 3.63) is 16.9 Å². The number of ether oxygens (including phenoxy) is 1. The first-order chi connectivity index (χ1) is 7.97. The van der Waals surface area contributed by atoms with Crippen molar-refractivity contribution in [2.75, 3.05) is 27.7 Å². The molecule has 6 heteroatoms. The van der Waals surface area contributed by atoms with Gasteiger partial charge in [-0.05, 0) is 21.0 Å². The molecule has 0 saturated heterocycles. The molecule has 0 fully saturated rings. The van der Waals surface area contributed by atoms with Gasteiger partial charge in [-0.1, -0.05) is 11.6 Å². The monoisotopic (exact) mass is 261 g/mol. The molecule has 1 aromatic rings. The van der Waals surface area contributed by atoms with Crippen LogP contribution in [0.5, 0.6) is 0 Å². The summed E-state index contributed by atoms with van der Waals surface area (Å²) in [6.45, 7) is 3.31. The van der Waals surface area contributed by atoms with E-state index in [2.05, 4.69) is 5.10 Å². The van der Waals surface area contributed by atoms with Gasteiger partial charge in [-0.25, -0.2) is 0 Å². The fraction of sp³-hybridized carbons (Fsp3) is 0.727. The number of aliphatic hydroxyl groups excluding tert-OH is 1. The van der Waals surface area contributed by atoms with E-state index in [1.807, 2.05) is 19.0 Å². The van der Waals surface area contributed by atoms with Crippen molar-refractivity contribution in [3.8, 4) is 0 Å². The SMILES string of the molecule is COC(C)C(O)c1c(Cl)cnn1CCN(C)C. The lowest BCUT2D eigenvalue weighted by molar-refractivity contribution is -0.00598. The minimum atomic E-state index is -0.767. The van der Waals surface area contributed by atoms with Crippen molar-refractivity contribution >= 4 is 11.6 Å². The summed E-state index contributed by atoms with van der Waals surface area (Å²) < 4.78 is 6.84. The van der Waals surface area contributed by atoms with Gasteiger partial charge in [0.05, 0.1) is 29.6 Å². The van der Waals surface area contributed by atoms with E-state index in [0.29, 0.717) is 17.3 Å². The summed E-state index contributed by atoms with van der Waals surface area (Å²) in [5, 5.41) is 14.8. The lowest BCUT2D eigenvalue weighted by atomic mass is 10.1. The van der Waals surface area contributed by atoms with Crippen LogP contribution in [-0.2, 0) is 11.3 Å². The summed E-state index contributed by atoms with van der Waals surface area (Å²) >= 11 is 6.04. The van der Waals surface area contributed by atoms with Crippen molar-refractivity contribution in [2.45, 2.75) is 25.7 Å². The fourth-order valence-corrected chi connectivity index (χ4v) is 1.74. The first-order valence-electron chi connectivity index (χ1n) is 5.54. The lowest BCUT2D eigenvalue weighted by Gasteiger charge is -2.20. The second-order valence-corrected chi connectivity index (χ2v) is 4.70. The minimum Gasteiger partial charge on any atom is -0.384 e. The normalized spacial score (nSPS) is 15.2. The number of halogens is 1. The van der Waals surface area contributed by atoms with E-state index >= 15 is 0 Å². The molecule has 2 unspecified atom stereocenters. The molecule has 1 N–H and O–H groups in total. The standard InChI is InChI=1S/C11H20ClN3O2/c1-8(17-4)11(16)10-9(12)7-13-15(10)6-5-14(2)3/h7-8,11,16H,5-6H2,1-4H3. The predicted octanol–water partition coefficient (Wildman–Crippen LogP) is 1.17. The zero-order chi connectivity index (χ0) is 13.0. The number of hydrogen-bond acceptors (Lipinski definition) is 4. The number of aromatic nitrogens is 2. The van der Waals surface area contributed by atoms with Gasteiger partial charge in [-0.15, -0.1) is 0 Å². The van der Waals surface area contributed by atoms with E-state index in [0.717, 1.165) is 6.54 Å². The molecule has 5 nitrogen and oxygen atoms in total.